The van der Waals surface area contributed by atoms with Crippen LogP contribution in [0.15, 0.2) is 218 Å². The molecule has 1 nitrogen and oxygen atoms in total. The summed E-state index contributed by atoms with van der Waals surface area (Å²) in [4.78, 5) is 2.52. The Morgan fingerprint density at radius 3 is 1.60 bits per heavy atom. The Balaban J connectivity index is 1.07. The van der Waals surface area contributed by atoms with E-state index in [9.17, 15) is 0 Å². The van der Waals surface area contributed by atoms with Crippen LogP contribution in [0.2, 0.25) is 0 Å². The van der Waals surface area contributed by atoms with Crippen LogP contribution >= 0.6 is 11.3 Å². The highest BCUT2D eigenvalue weighted by atomic mass is 32.1. The third-order valence-corrected chi connectivity index (χ3v) is 15.5. The average Bonchev–Trinajstić information content (AvgIpc) is 3.98. The van der Waals surface area contributed by atoms with Gasteiger partial charge in [-0.25, -0.2) is 0 Å². The number of benzene rings is 10. The summed E-state index contributed by atoms with van der Waals surface area (Å²) in [5, 5.41) is 5.06. The van der Waals surface area contributed by atoms with E-state index in [0.29, 0.717) is 0 Å². The van der Waals surface area contributed by atoms with E-state index in [0.717, 1.165) is 17.1 Å². The van der Waals surface area contributed by atoms with Gasteiger partial charge >= 0.3 is 0 Å². The Hall–Kier alpha value is -7.52. The monoisotopic (exact) mass is 847 g/mol. The molecule has 1 aromatic heterocycles. The van der Waals surface area contributed by atoms with Gasteiger partial charge in [0.2, 0.25) is 0 Å². The summed E-state index contributed by atoms with van der Waals surface area (Å²) in [6.07, 6.45) is 0. The zero-order valence-electron chi connectivity index (χ0n) is 36.6. The van der Waals surface area contributed by atoms with E-state index in [-0.39, 0.29) is 5.41 Å². The smallest absolute Gasteiger partial charge is 0.0725 e. The van der Waals surface area contributed by atoms with Gasteiger partial charge in [0.15, 0.2) is 0 Å². The maximum atomic E-state index is 2.52. The quantitative estimate of drug-likeness (QED) is 0.167. The first-order valence-electron chi connectivity index (χ1n) is 22.8. The predicted molar refractivity (Wildman–Crippen MR) is 277 cm³/mol. The topological polar surface area (TPSA) is 3.24 Å². The number of hydrogen-bond donors (Lipinski definition) is 0. The minimum Gasteiger partial charge on any atom is -0.310 e. The second-order valence-corrected chi connectivity index (χ2v) is 19.8. The number of thiophene rings is 1. The minimum absolute atomic E-state index is 0.0984. The molecule has 0 saturated heterocycles. The van der Waals surface area contributed by atoms with Crippen molar-refractivity contribution in [1.29, 1.82) is 0 Å². The summed E-state index contributed by atoms with van der Waals surface area (Å²) in [5.41, 5.74) is 19.9. The van der Waals surface area contributed by atoms with Crippen LogP contribution in [0, 0.1) is 0 Å². The zero-order chi connectivity index (χ0) is 43.4. The molecule has 0 amide bonds. The summed E-state index contributed by atoms with van der Waals surface area (Å²) in [7, 11) is 0. The van der Waals surface area contributed by atoms with Crippen LogP contribution in [-0.2, 0) is 10.8 Å². The highest BCUT2D eigenvalue weighted by Gasteiger charge is 2.51. The fraction of sp³-hybridized carbons (Fsp3) is 0.0794. The van der Waals surface area contributed by atoms with E-state index in [4.69, 9.17) is 0 Å². The molecule has 0 N–H and O–H groups in total. The largest absolute Gasteiger partial charge is 0.310 e. The van der Waals surface area contributed by atoms with Gasteiger partial charge in [0.1, 0.15) is 0 Å². The lowest BCUT2D eigenvalue weighted by molar-refractivity contribution is 0.590. The van der Waals surface area contributed by atoms with E-state index in [1.165, 1.54) is 103 Å². The summed E-state index contributed by atoms with van der Waals surface area (Å²) in [6, 6.07) is 82.2. The highest BCUT2D eigenvalue weighted by molar-refractivity contribution is 7.26. The van der Waals surface area contributed by atoms with Crippen molar-refractivity contribution in [3.05, 3.63) is 246 Å². The fourth-order valence-corrected chi connectivity index (χ4v) is 12.5. The van der Waals surface area contributed by atoms with Crippen LogP contribution in [0.1, 0.15) is 48.6 Å². The highest BCUT2D eigenvalue weighted by Crippen LogP contribution is 2.63. The third kappa shape index (κ3) is 5.57. The van der Waals surface area contributed by atoms with Gasteiger partial charge in [0.05, 0.1) is 11.1 Å². The Labute approximate surface area is 384 Å². The maximum absolute atomic E-state index is 2.52. The molecule has 1 spiro atoms. The van der Waals surface area contributed by atoms with Crippen LogP contribution in [0.4, 0.5) is 17.1 Å². The number of nitrogens with zero attached hydrogens (tertiary/aromatic N) is 1. The lowest BCUT2D eigenvalue weighted by Gasteiger charge is -2.32. The van der Waals surface area contributed by atoms with Crippen LogP contribution in [-0.4, -0.2) is 0 Å². The van der Waals surface area contributed by atoms with Crippen LogP contribution < -0.4 is 4.90 Å². The Kier molecular flexibility index (Phi) is 8.32. The summed E-state index contributed by atoms with van der Waals surface area (Å²) in [5.74, 6) is 0. The molecule has 13 rings (SSSR count). The van der Waals surface area contributed by atoms with E-state index in [2.05, 4.69) is 244 Å². The molecule has 2 heteroatoms. The van der Waals surface area contributed by atoms with Gasteiger partial charge < -0.3 is 4.90 Å². The molecule has 0 aliphatic heterocycles. The van der Waals surface area contributed by atoms with Crippen LogP contribution in [0.3, 0.4) is 0 Å². The van der Waals surface area contributed by atoms with Crippen molar-refractivity contribution in [2.75, 3.05) is 4.90 Å². The molecule has 0 saturated carbocycles. The molecule has 0 radical (unpaired) electrons. The molecule has 0 atom stereocenters. The molecule has 0 unspecified atom stereocenters. The van der Waals surface area contributed by atoms with Crippen molar-refractivity contribution in [3.63, 3.8) is 0 Å². The number of anilines is 3. The van der Waals surface area contributed by atoms with E-state index in [1.807, 2.05) is 11.3 Å². The van der Waals surface area contributed by atoms with E-state index in [1.54, 1.807) is 0 Å². The molecule has 2 aliphatic rings. The van der Waals surface area contributed by atoms with Crippen molar-refractivity contribution in [1.82, 2.24) is 0 Å². The lowest BCUT2D eigenvalue weighted by Crippen LogP contribution is -2.25. The maximum Gasteiger partial charge on any atom is 0.0725 e. The predicted octanol–water partition coefficient (Wildman–Crippen LogP) is 17.7. The second kappa shape index (κ2) is 14.2. The number of rotatable bonds is 5. The Bertz CT molecular complexity index is 3650. The minimum atomic E-state index is -0.405. The number of hydrogen-bond acceptors (Lipinski definition) is 2. The molecule has 10 aromatic carbocycles. The van der Waals surface area contributed by atoms with Gasteiger partial charge in [-0.15, -0.1) is 11.3 Å². The van der Waals surface area contributed by atoms with Gasteiger partial charge in [0.25, 0.3) is 0 Å². The van der Waals surface area contributed by atoms with Gasteiger partial charge in [-0.1, -0.05) is 203 Å². The SMILES string of the molecule is CC(C)(C)c1ccc(-c2ccc(N(c3ccc4c(c3)-c3ccccc3C43c4ccccc4-c4ccccc43)c3ccc4ccccc4c3-c3cccc4c3sc3ccccc34)cc2)cc1. The fourth-order valence-electron chi connectivity index (χ4n) is 11.3. The summed E-state index contributed by atoms with van der Waals surface area (Å²) >= 11 is 1.90. The van der Waals surface area contributed by atoms with Crippen molar-refractivity contribution in [3.8, 4) is 44.5 Å². The number of fused-ring (bicyclic) bond motifs is 14. The first-order chi connectivity index (χ1) is 31.9. The van der Waals surface area contributed by atoms with Gasteiger partial charge in [0, 0.05) is 42.7 Å². The molecule has 2 aliphatic carbocycles. The third-order valence-electron chi connectivity index (χ3n) is 14.3. The lowest BCUT2D eigenvalue weighted by atomic mass is 9.70. The van der Waals surface area contributed by atoms with E-state index >= 15 is 0 Å². The Morgan fingerprint density at radius 1 is 0.400 bits per heavy atom. The molecule has 11 aromatic rings. The molecule has 1 heterocycles. The second-order valence-electron chi connectivity index (χ2n) is 18.8. The Morgan fingerprint density at radius 2 is 0.923 bits per heavy atom. The first kappa shape index (κ1) is 38.0. The average molecular weight is 848 g/mol. The van der Waals surface area contributed by atoms with Crippen molar-refractivity contribution in [2.24, 2.45) is 0 Å². The van der Waals surface area contributed by atoms with Crippen LogP contribution in [0.25, 0.3) is 75.5 Å². The normalized spacial score (nSPS) is 13.3. The summed E-state index contributed by atoms with van der Waals surface area (Å²) < 4.78 is 2.62. The molecular weight excluding hydrogens is 803 g/mol. The van der Waals surface area contributed by atoms with Crippen molar-refractivity contribution >= 4 is 59.3 Å². The molecule has 308 valence electrons. The summed E-state index contributed by atoms with van der Waals surface area (Å²) in [6.45, 7) is 6.82. The van der Waals surface area contributed by atoms with Crippen LogP contribution in [0.5, 0.6) is 0 Å². The van der Waals surface area contributed by atoms with Crippen molar-refractivity contribution < 1.29 is 0 Å². The zero-order valence-corrected chi connectivity index (χ0v) is 37.5. The molecule has 65 heavy (non-hydrogen) atoms. The van der Waals surface area contributed by atoms with Gasteiger partial charge in [-0.3, -0.25) is 0 Å². The van der Waals surface area contributed by atoms with E-state index < -0.39 is 5.41 Å². The first-order valence-corrected chi connectivity index (χ1v) is 23.6. The van der Waals surface area contributed by atoms with Gasteiger partial charge in [-0.2, -0.15) is 0 Å². The van der Waals surface area contributed by atoms with Crippen molar-refractivity contribution in [2.45, 2.75) is 31.6 Å². The molecule has 0 bridgehead atoms. The molecule has 0 fully saturated rings. The van der Waals surface area contributed by atoms with Gasteiger partial charge in [-0.05, 0) is 114 Å². The standard InChI is InChI=1S/C63H45NS/c1-62(2,3)43-32-27-40(28-33-43)41-29-34-44(35-30-41)64(58-38-31-42-15-4-5-16-46(42)60(58)52-22-14-21-51-50-20-9-13-26-59(50)65-61(51)52)45-36-37-57-53(39-45)49-19-8-12-25-56(49)63(57)54-23-10-6-17-47(54)48-18-7-11-24-55(48)63/h4-39H,1-3H3. The molecular formula is C63H45NS.